The minimum atomic E-state index is -0.631. The van der Waals surface area contributed by atoms with Crippen molar-refractivity contribution in [1.82, 2.24) is 9.36 Å². The second kappa shape index (κ2) is 4.75. The first kappa shape index (κ1) is 11.9. The van der Waals surface area contributed by atoms with Crippen LogP contribution in [0.3, 0.4) is 0 Å². The van der Waals surface area contributed by atoms with Crippen LogP contribution < -0.4 is 5.32 Å². The fourth-order valence-electron chi connectivity index (χ4n) is 1.33. The van der Waals surface area contributed by atoms with Crippen LogP contribution >= 0.6 is 11.5 Å². The first-order valence-corrected chi connectivity index (χ1v) is 5.88. The highest BCUT2D eigenvalue weighted by atomic mass is 32.1. The van der Waals surface area contributed by atoms with Gasteiger partial charge in [-0.2, -0.15) is 9.36 Å². The van der Waals surface area contributed by atoms with Crippen molar-refractivity contribution < 1.29 is 8.78 Å². The molecular weight excluding hydrogens is 244 g/mol. The van der Waals surface area contributed by atoms with Gasteiger partial charge >= 0.3 is 0 Å². The van der Waals surface area contributed by atoms with Crippen molar-refractivity contribution in [3.63, 3.8) is 0 Å². The summed E-state index contributed by atoms with van der Waals surface area (Å²) in [6.07, 6.45) is 0. The van der Waals surface area contributed by atoms with Crippen molar-refractivity contribution in [3.05, 3.63) is 29.8 Å². The van der Waals surface area contributed by atoms with Gasteiger partial charge < -0.3 is 5.32 Å². The van der Waals surface area contributed by atoms with Crippen molar-refractivity contribution in [2.45, 2.75) is 19.9 Å². The molecule has 0 amide bonds. The molecule has 1 heterocycles. The van der Waals surface area contributed by atoms with E-state index in [2.05, 4.69) is 14.7 Å². The van der Waals surface area contributed by atoms with Crippen molar-refractivity contribution in [2.75, 3.05) is 5.32 Å². The van der Waals surface area contributed by atoms with Crippen LogP contribution in [0.4, 0.5) is 13.9 Å². The van der Waals surface area contributed by atoms with Gasteiger partial charge in [0.05, 0.1) is 0 Å². The monoisotopic (exact) mass is 255 g/mol. The van der Waals surface area contributed by atoms with E-state index >= 15 is 0 Å². The zero-order valence-electron chi connectivity index (χ0n) is 9.37. The van der Waals surface area contributed by atoms with E-state index in [0.29, 0.717) is 16.5 Å². The van der Waals surface area contributed by atoms with E-state index in [1.807, 2.05) is 13.8 Å². The highest BCUT2D eigenvalue weighted by molar-refractivity contribution is 7.09. The van der Waals surface area contributed by atoms with Gasteiger partial charge in [-0.25, -0.2) is 8.78 Å². The average molecular weight is 255 g/mol. The molecule has 1 aromatic heterocycles. The summed E-state index contributed by atoms with van der Waals surface area (Å²) < 4.78 is 30.1. The van der Waals surface area contributed by atoms with Gasteiger partial charge in [-0.15, -0.1) is 0 Å². The minimum Gasteiger partial charge on any atom is -0.358 e. The van der Waals surface area contributed by atoms with Gasteiger partial charge in [-0.05, 0) is 26.0 Å². The molecule has 6 heteroatoms. The van der Waals surface area contributed by atoms with Crippen molar-refractivity contribution >= 4 is 16.7 Å². The van der Waals surface area contributed by atoms with Gasteiger partial charge in [0.25, 0.3) is 0 Å². The molecule has 17 heavy (non-hydrogen) atoms. The lowest BCUT2D eigenvalue weighted by Gasteiger charge is -2.03. The summed E-state index contributed by atoms with van der Waals surface area (Å²) in [6.45, 7) is 3.95. The highest BCUT2D eigenvalue weighted by Crippen LogP contribution is 2.23. The maximum atomic E-state index is 13.0. The third kappa shape index (κ3) is 2.97. The van der Waals surface area contributed by atoms with Crippen molar-refractivity contribution in [2.24, 2.45) is 0 Å². The Hall–Kier alpha value is -1.56. The quantitative estimate of drug-likeness (QED) is 0.914. The zero-order valence-corrected chi connectivity index (χ0v) is 10.2. The van der Waals surface area contributed by atoms with Crippen LogP contribution in [-0.2, 0) is 0 Å². The first-order valence-electron chi connectivity index (χ1n) is 5.11. The number of aromatic nitrogens is 2. The average Bonchev–Trinajstić information content (AvgIpc) is 2.63. The topological polar surface area (TPSA) is 37.8 Å². The highest BCUT2D eigenvalue weighted by Gasteiger charge is 2.09. The van der Waals surface area contributed by atoms with E-state index in [-0.39, 0.29) is 6.04 Å². The second-order valence-electron chi connectivity index (χ2n) is 3.88. The molecule has 0 aliphatic carbocycles. The number of nitrogens with zero attached hydrogens (tertiary/aromatic N) is 2. The van der Waals surface area contributed by atoms with Crippen LogP contribution in [0, 0.1) is 11.6 Å². The number of anilines is 1. The lowest BCUT2D eigenvalue weighted by atomic mass is 10.2. The molecule has 2 rings (SSSR count). The maximum Gasteiger partial charge on any atom is 0.203 e. The van der Waals surface area contributed by atoms with Gasteiger partial charge in [-0.3, -0.25) is 0 Å². The summed E-state index contributed by atoms with van der Waals surface area (Å²) >= 11 is 1.17. The Morgan fingerprint density at radius 3 is 2.41 bits per heavy atom. The van der Waals surface area contributed by atoms with Gasteiger partial charge in [0, 0.05) is 29.2 Å². The molecule has 2 aromatic rings. The SMILES string of the molecule is CC(C)Nc1nc(-c2cc(F)cc(F)c2)ns1. The zero-order chi connectivity index (χ0) is 12.4. The Balaban J connectivity index is 2.30. The molecule has 0 saturated heterocycles. The summed E-state index contributed by atoms with van der Waals surface area (Å²) in [5, 5.41) is 3.72. The number of nitrogens with one attached hydrogen (secondary N) is 1. The molecule has 0 aliphatic heterocycles. The summed E-state index contributed by atoms with van der Waals surface area (Å²) in [7, 11) is 0. The molecule has 0 saturated carbocycles. The molecule has 0 spiro atoms. The summed E-state index contributed by atoms with van der Waals surface area (Å²) in [6, 6.07) is 3.48. The van der Waals surface area contributed by atoms with Crippen LogP contribution in [0.25, 0.3) is 11.4 Å². The molecule has 1 aromatic carbocycles. The van der Waals surface area contributed by atoms with Gasteiger partial charge in [0.15, 0.2) is 5.82 Å². The summed E-state index contributed by atoms with van der Waals surface area (Å²) in [5.41, 5.74) is 0.343. The Kier molecular flexibility index (Phi) is 3.33. The van der Waals surface area contributed by atoms with Crippen molar-refractivity contribution in [1.29, 1.82) is 0 Å². The summed E-state index contributed by atoms with van der Waals surface area (Å²) in [4.78, 5) is 4.17. The molecule has 0 aliphatic rings. The van der Waals surface area contributed by atoms with E-state index in [0.717, 1.165) is 6.07 Å². The fourth-order valence-corrected chi connectivity index (χ4v) is 2.06. The molecule has 0 unspecified atom stereocenters. The van der Waals surface area contributed by atoms with Crippen LogP contribution in [-0.4, -0.2) is 15.4 Å². The lowest BCUT2D eigenvalue weighted by molar-refractivity contribution is 0.584. The maximum absolute atomic E-state index is 13.0. The molecule has 1 N–H and O–H groups in total. The largest absolute Gasteiger partial charge is 0.358 e. The fraction of sp³-hybridized carbons (Fsp3) is 0.273. The van der Waals surface area contributed by atoms with Crippen LogP contribution in [0.2, 0.25) is 0 Å². The molecule has 90 valence electrons. The van der Waals surface area contributed by atoms with E-state index in [1.165, 1.54) is 23.7 Å². The van der Waals surface area contributed by atoms with E-state index in [9.17, 15) is 8.78 Å². The van der Waals surface area contributed by atoms with Crippen LogP contribution in [0.15, 0.2) is 18.2 Å². The predicted octanol–water partition coefficient (Wildman–Crippen LogP) is 3.30. The van der Waals surface area contributed by atoms with E-state index < -0.39 is 11.6 Å². The van der Waals surface area contributed by atoms with Gasteiger partial charge in [0.2, 0.25) is 5.13 Å². The lowest BCUT2D eigenvalue weighted by Crippen LogP contribution is -2.08. The normalized spacial score (nSPS) is 10.9. The first-order chi connectivity index (χ1) is 8.04. The van der Waals surface area contributed by atoms with E-state index in [1.54, 1.807) is 0 Å². The minimum absolute atomic E-state index is 0.236. The molecule has 3 nitrogen and oxygen atoms in total. The number of rotatable bonds is 3. The Morgan fingerprint density at radius 2 is 1.82 bits per heavy atom. The molecule has 0 radical (unpaired) electrons. The number of hydrogen-bond donors (Lipinski definition) is 1. The Bertz CT molecular complexity index is 505. The number of halogens is 2. The standard InChI is InChI=1S/C11H11F2N3S/c1-6(2)14-11-15-10(16-17-11)7-3-8(12)5-9(13)4-7/h3-6H,1-2H3,(H,14,15,16). The molecule has 0 atom stereocenters. The molecule has 0 fully saturated rings. The van der Waals surface area contributed by atoms with Gasteiger partial charge in [-0.1, -0.05) is 0 Å². The van der Waals surface area contributed by atoms with Crippen molar-refractivity contribution in [3.8, 4) is 11.4 Å². The van der Waals surface area contributed by atoms with Crippen LogP contribution in [0.1, 0.15) is 13.8 Å². The Labute approximate surface area is 102 Å². The second-order valence-corrected chi connectivity index (χ2v) is 4.63. The Morgan fingerprint density at radius 1 is 1.18 bits per heavy atom. The molecule has 0 bridgehead atoms. The van der Waals surface area contributed by atoms with Gasteiger partial charge in [0.1, 0.15) is 11.6 Å². The number of hydrogen-bond acceptors (Lipinski definition) is 4. The summed E-state index contributed by atoms with van der Waals surface area (Å²) in [5.74, 6) is -0.933. The smallest absolute Gasteiger partial charge is 0.203 e. The predicted molar refractivity (Wildman–Crippen MR) is 64.0 cm³/mol. The third-order valence-electron chi connectivity index (χ3n) is 1.96. The van der Waals surface area contributed by atoms with E-state index in [4.69, 9.17) is 0 Å². The number of benzene rings is 1. The molecular formula is C11H11F2N3S. The van der Waals surface area contributed by atoms with Crippen LogP contribution in [0.5, 0.6) is 0 Å². The third-order valence-corrected chi connectivity index (χ3v) is 2.61.